The molecule has 23 rings (SSSR count). The normalized spacial score (nSPS) is 11.7. The van der Waals surface area contributed by atoms with E-state index >= 15 is 0 Å². The molecule has 0 amide bonds. The second kappa shape index (κ2) is 25.2. The predicted molar refractivity (Wildman–Crippen MR) is 441 cm³/mol. The smallest absolute Gasteiger partial charge is 0.143 e. The van der Waals surface area contributed by atoms with Crippen LogP contribution in [0.4, 0.5) is 0 Å². The van der Waals surface area contributed by atoms with Crippen LogP contribution in [-0.2, 0) is 0 Å². The van der Waals surface area contributed by atoms with Crippen molar-refractivity contribution in [2.75, 3.05) is 0 Å². The van der Waals surface area contributed by atoms with E-state index in [4.69, 9.17) is 43.2 Å². The van der Waals surface area contributed by atoms with Crippen LogP contribution in [0.15, 0.2) is 365 Å². The lowest BCUT2D eigenvalue weighted by Gasteiger charge is -2.13. The summed E-state index contributed by atoms with van der Waals surface area (Å²) in [6, 6.07) is 121. The molecule has 0 radical (unpaired) electrons. The van der Waals surface area contributed by atoms with Crippen molar-refractivity contribution in [2.24, 2.45) is 0 Å². The van der Waals surface area contributed by atoms with Crippen LogP contribution in [0.25, 0.3) is 220 Å². The SMILES string of the molecule is c1ccc(-c2nc3c(ccc4ccccc43)nc2-c2ccc3ccc4c5ccccc5oc4c3c2)cc1.c1ccc(-c2nc3ccc4ccccc4c3nc2-c2ccc3ccc4c5ccccc5oc4c3c2)cc1.c1ccc(-c2nc3ccccc3nc2-c2ccc3ccc4c5ccccc5oc4c3c2)cc1. The molecule has 0 saturated carbocycles. The lowest BCUT2D eigenvalue weighted by molar-refractivity contribution is 0.672. The van der Waals surface area contributed by atoms with E-state index in [2.05, 4.69) is 237 Å². The lowest BCUT2D eigenvalue weighted by atomic mass is 9.98. The van der Waals surface area contributed by atoms with Crippen LogP contribution in [0.3, 0.4) is 0 Å². The fourth-order valence-corrected chi connectivity index (χ4v) is 15.5. The molecular weight excluding hydrogens is 1310 g/mol. The topological polar surface area (TPSA) is 117 Å². The average molecular weight is 1370 g/mol. The van der Waals surface area contributed by atoms with E-state index in [0.29, 0.717) is 0 Å². The maximum atomic E-state index is 6.36. The van der Waals surface area contributed by atoms with Crippen molar-refractivity contribution in [3.05, 3.63) is 352 Å². The molecule has 0 unspecified atom stereocenters. The molecule has 0 spiro atoms. The minimum Gasteiger partial charge on any atom is -0.455 e. The third-order valence-corrected chi connectivity index (χ3v) is 20.7. The van der Waals surface area contributed by atoms with Gasteiger partial charge in [-0.15, -0.1) is 0 Å². The van der Waals surface area contributed by atoms with Gasteiger partial charge in [-0.25, -0.2) is 29.9 Å². The van der Waals surface area contributed by atoms with E-state index in [9.17, 15) is 0 Å². The summed E-state index contributed by atoms with van der Waals surface area (Å²) in [5, 5.41) is 17.9. The van der Waals surface area contributed by atoms with Gasteiger partial charge >= 0.3 is 0 Å². The van der Waals surface area contributed by atoms with Crippen molar-refractivity contribution in [1.82, 2.24) is 29.9 Å². The van der Waals surface area contributed by atoms with Crippen LogP contribution in [-0.4, -0.2) is 29.9 Å². The molecule has 6 heterocycles. The molecule has 9 heteroatoms. The summed E-state index contributed by atoms with van der Waals surface area (Å²) >= 11 is 0. The van der Waals surface area contributed by atoms with Crippen LogP contribution in [0.1, 0.15) is 0 Å². The highest BCUT2D eigenvalue weighted by Gasteiger charge is 2.22. The van der Waals surface area contributed by atoms with Crippen molar-refractivity contribution < 1.29 is 13.3 Å². The van der Waals surface area contributed by atoms with Gasteiger partial charge in [-0.2, -0.15) is 0 Å². The van der Waals surface area contributed by atoms with E-state index in [1.807, 2.05) is 115 Å². The standard InChI is InChI=1S/2C34H20N2O.C30H18N2O/c1-2-9-23(10-3-1)31-32(35-29-19-17-21-8-4-5-11-25(21)33(29)36-31)24-15-14-22-16-18-27-26-12-6-7-13-30(26)37-34(27)28(22)20-24;1-2-9-23(10-3-1)31-32(36-33-25-11-5-4-8-21(25)17-19-29(33)35-31)24-15-14-22-16-18-27-26-12-6-7-13-30(26)37-34(27)28(22)20-24;1-2-8-20(9-3-1)28-29(32-26-12-6-5-11-25(26)31-28)21-15-14-19-16-17-23-22-10-4-7-13-27(22)33-30(23)24(19)18-21/h2*1-20H;1-18H. The van der Waals surface area contributed by atoms with Gasteiger partial charge in [0.15, 0.2) is 0 Å². The second-order valence-corrected chi connectivity index (χ2v) is 27.1. The number of rotatable bonds is 6. The fourth-order valence-electron chi connectivity index (χ4n) is 15.5. The van der Waals surface area contributed by atoms with Crippen molar-refractivity contribution in [3.8, 4) is 67.5 Å². The van der Waals surface area contributed by atoms with E-state index in [1.165, 1.54) is 0 Å². The lowest BCUT2D eigenvalue weighted by Crippen LogP contribution is -1.96. The molecule has 498 valence electrons. The third-order valence-electron chi connectivity index (χ3n) is 20.7. The first-order chi connectivity index (χ1) is 53.0. The molecule has 0 aliphatic rings. The monoisotopic (exact) mass is 1370 g/mol. The van der Waals surface area contributed by atoms with Gasteiger partial charge in [0.05, 0.1) is 67.3 Å². The maximum absolute atomic E-state index is 6.36. The largest absolute Gasteiger partial charge is 0.455 e. The van der Waals surface area contributed by atoms with Crippen molar-refractivity contribution >= 4 is 153 Å². The molecule has 23 aromatic rings. The number of para-hydroxylation sites is 5. The summed E-state index contributed by atoms with van der Waals surface area (Å²) in [6.45, 7) is 0. The summed E-state index contributed by atoms with van der Waals surface area (Å²) in [6.07, 6.45) is 0. The number of fused-ring (bicyclic) bond motifs is 22. The fraction of sp³-hybridized carbons (Fsp3) is 0. The zero-order valence-corrected chi connectivity index (χ0v) is 57.4. The van der Waals surface area contributed by atoms with Gasteiger partial charge in [0.1, 0.15) is 33.5 Å². The van der Waals surface area contributed by atoms with Crippen molar-refractivity contribution in [1.29, 1.82) is 0 Å². The first-order valence-corrected chi connectivity index (χ1v) is 35.9. The Morgan fingerprint density at radius 1 is 0.159 bits per heavy atom. The van der Waals surface area contributed by atoms with Gasteiger partial charge in [0, 0.05) is 92.6 Å². The first-order valence-electron chi connectivity index (χ1n) is 35.9. The number of aromatic nitrogens is 6. The summed E-state index contributed by atoms with van der Waals surface area (Å²) in [4.78, 5) is 31.0. The van der Waals surface area contributed by atoms with E-state index in [-0.39, 0.29) is 0 Å². The van der Waals surface area contributed by atoms with Gasteiger partial charge in [-0.3, -0.25) is 0 Å². The van der Waals surface area contributed by atoms with Crippen LogP contribution in [0.2, 0.25) is 0 Å². The molecule has 6 aromatic heterocycles. The number of furan rings is 3. The van der Waals surface area contributed by atoms with Crippen LogP contribution < -0.4 is 0 Å². The zero-order chi connectivity index (χ0) is 70.5. The third kappa shape index (κ3) is 10.5. The minimum atomic E-state index is 0.865. The Bertz CT molecular complexity index is 7520. The van der Waals surface area contributed by atoms with Gasteiger partial charge < -0.3 is 13.3 Å². The Kier molecular flexibility index (Phi) is 14.4. The second-order valence-electron chi connectivity index (χ2n) is 27.1. The van der Waals surface area contributed by atoms with E-state index in [0.717, 1.165) is 220 Å². The number of hydrogen-bond donors (Lipinski definition) is 0. The quantitative estimate of drug-likeness (QED) is 0.150. The molecule has 0 aliphatic carbocycles. The zero-order valence-electron chi connectivity index (χ0n) is 57.4. The molecule has 0 atom stereocenters. The highest BCUT2D eigenvalue weighted by Crippen LogP contribution is 2.43. The Morgan fingerprint density at radius 3 is 0.794 bits per heavy atom. The summed E-state index contributed by atoms with van der Waals surface area (Å²) < 4.78 is 19.0. The van der Waals surface area contributed by atoms with Crippen LogP contribution in [0.5, 0.6) is 0 Å². The molecule has 0 fully saturated rings. The predicted octanol–water partition coefficient (Wildman–Crippen LogP) is 26.4. The Balaban J connectivity index is 0.000000103. The summed E-state index contributed by atoms with van der Waals surface area (Å²) in [5.74, 6) is 0. The van der Waals surface area contributed by atoms with E-state index in [1.54, 1.807) is 0 Å². The Labute approximate surface area is 611 Å². The van der Waals surface area contributed by atoms with Gasteiger partial charge in [-0.1, -0.05) is 273 Å². The van der Waals surface area contributed by atoms with Gasteiger partial charge in [-0.05, 0) is 106 Å². The summed E-state index contributed by atoms with van der Waals surface area (Å²) in [5.41, 5.74) is 22.2. The summed E-state index contributed by atoms with van der Waals surface area (Å²) in [7, 11) is 0. The molecular formula is C98H58N6O3. The van der Waals surface area contributed by atoms with Crippen LogP contribution in [0, 0.1) is 0 Å². The molecule has 0 saturated heterocycles. The van der Waals surface area contributed by atoms with Crippen molar-refractivity contribution in [2.45, 2.75) is 0 Å². The number of benzene rings is 17. The highest BCUT2D eigenvalue weighted by molar-refractivity contribution is 6.19. The molecule has 0 bridgehead atoms. The Morgan fingerprint density at radius 2 is 0.421 bits per heavy atom. The van der Waals surface area contributed by atoms with Gasteiger partial charge in [0.2, 0.25) is 0 Å². The molecule has 107 heavy (non-hydrogen) atoms. The molecule has 0 aliphatic heterocycles. The van der Waals surface area contributed by atoms with Crippen LogP contribution >= 0.6 is 0 Å². The van der Waals surface area contributed by atoms with Gasteiger partial charge in [0.25, 0.3) is 0 Å². The Hall–Kier alpha value is -14.5. The molecule has 17 aromatic carbocycles. The highest BCUT2D eigenvalue weighted by atomic mass is 16.3. The van der Waals surface area contributed by atoms with Crippen molar-refractivity contribution in [3.63, 3.8) is 0 Å². The minimum absolute atomic E-state index is 0.865. The maximum Gasteiger partial charge on any atom is 0.143 e. The molecule has 9 nitrogen and oxygen atoms in total. The average Bonchev–Trinajstić information content (AvgIpc) is 1.72. The number of hydrogen-bond acceptors (Lipinski definition) is 9. The number of nitrogens with zero attached hydrogens (tertiary/aromatic N) is 6. The molecule has 0 N–H and O–H groups in total. The van der Waals surface area contributed by atoms with E-state index < -0.39 is 0 Å². The first kappa shape index (κ1) is 61.2.